The fraction of sp³-hybridized carbons (Fsp3) is 0.463. The number of aliphatic hydroxyl groups excluding tert-OH is 1. The minimum atomic E-state index is -1.07. The number of ketones is 2. The normalized spacial score (nSPS) is 26.8. The van der Waals surface area contributed by atoms with Crippen molar-refractivity contribution in [1.82, 2.24) is 10.6 Å². The Kier molecular flexibility index (Phi) is 16.1. The molecule has 1 aliphatic heterocycles. The number of hydrogen-bond donors (Lipinski definition) is 4. The van der Waals surface area contributed by atoms with Gasteiger partial charge < -0.3 is 39.8 Å². The first-order valence-corrected chi connectivity index (χ1v) is 18.1. The smallest absolute Gasteiger partial charge is 0.412 e. The van der Waals surface area contributed by atoms with Gasteiger partial charge in [-0.15, -0.1) is 0 Å². The zero-order valence-electron chi connectivity index (χ0n) is 33.3. The summed E-state index contributed by atoms with van der Waals surface area (Å²) in [7, 11) is 2.83. The summed E-state index contributed by atoms with van der Waals surface area (Å²) in [4.78, 5) is 77.8. The summed E-state index contributed by atoms with van der Waals surface area (Å²) in [6.07, 6.45) is 1.57. The monoisotopic (exact) mass is 779 g/mol. The van der Waals surface area contributed by atoms with Crippen molar-refractivity contribution in [2.45, 2.75) is 92.3 Å². The van der Waals surface area contributed by atoms with Crippen LogP contribution < -0.4 is 21.1 Å². The number of carbonyl (C=O) groups excluding carboxylic acids is 6. The summed E-state index contributed by atoms with van der Waals surface area (Å²) in [6.45, 7) is 11.7. The molecular formula is C41H53N3O12. The van der Waals surface area contributed by atoms with Gasteiger partial charge in [0.2, 0.25) is 11.6 Å². The first-order chi connectivity index (χ1) is 26.2. The minimum Gasteiger partial charge on any atom is -0.444 e. The predicted octanol–water partition coefficient (Wildman–Crippen LogP) is 4.64. The van der Waals surface area contributed by atoms with Gasteiger partial charge in [-0.2, -0.15) is 0 Å². The van der Waals surface area contributed by atoms with Gasteiger partial charge in [-0.3, -0.25) is 24.5 Å². The molecule has 1 aromatic carbocycles. The van der Waals surface area contributed by atoms with Gasteiger partial charge in [-0.05, 0) is 76.6 Å². The topological polar surface area (TPSA) is 219 Å². The number of rotatable bonds is 7. The number of amides is 3. The molecule has 56 heavy (non-hydrogen) atoms. The van der Waals surface area contributed by atoms with Crippen LogP contribution in [0.4, 0.5) is 9.59 Å². The zero-order chi connectivity index (χ0) is 41.9. The Morgan fingerprint density at radius 2 is 1.68 bits per heavy atom. The number of alkyl carbamates (subject to hydrolysis) is 1. The molecule has 3 amide bonds. The number of methoxy groups -OCH3 is 2. The highest BCUT2D eigenvalue weighted by Crippen LogP contribution is 2.29. The molecule has 0 radical (unpaired) electrons. The number of hydrogen-bond acceptors (Lipinski definition) is 12. The van der Waals surface area contributed by atoms with Crippen LogP contribution in [0, 0.1) is 17.3 Å². The Morgan fingerprint density at radius 3 is 2.27 bits per heavy atom. The van der Waals surface area contributed by atoms with Crippen LogP contribution in [-0.4, -0.2) is 79.4 Å². The molecule has 2 aliphatic rings. The quantitative estimate of drug-likeness (QED) is 0.129. The van der Waals surface area contributed by atoms with Crippen molar-refractivity contribution in [2.75, 3.05) is 14.2 Å². The number of esters is 1. The van der Waals surface area contributed by atoms with E-state index < -0.39 is 77.3 Å². The van der Waals surface area contributed by atoms with Gasteiger partial charge >= 0.3 is 18.2 Å². The molecule has 1 heterocycles. The Morgan fingerprint density at radius 1 is 1.02 bits per heavy atom. The minimum absolute atomic E-state index is 0.0560. The molecule has 1 aliphatic carbocycles. The maximum atomic E-state index is 13.9. The van der Waals surface area contributed by atoms with Crippen LogP contribution in [-0.2, 0) is 44.7 Å². The van der Waals surface area contributed by atoms with E-state index in [1.165, 1.54) is 33.3 Å². The standard InChI is InChI=1S/C41H53N3O12/c1-22-17-28-33(44-40(51)54-21-26-13-15-27(16-14-26)55-38(49)41(5,6)7)30(45)20-29(35(28)47)43-37(48)23(2)11-10-12-31(52-8)36(56-39(42)50)25(4)19-24(3)34(46)32(18-22)53-9/h10-16,19-20,22,24,31-32,34,36,46H,17-18,21H2,1-9H3,(H2,42,50)(H,43,48)(H,44,51)/b12-10-,23-11+,25-19+/t22-,24+,31+,32+,34-,36-/m1/s1. The molecule has 5 N–H and O–H groups in total. The van der Waals surface area contributed by atoms with E-state index in [0.29, 0.717) is 16.9 Å². The third-order valence-corrected chi connectivity index (χ3v) is 9.14. The van der Waals surface area contributed by atoms with Crippen molar-refractivity contribution in [3.63, 3.8) is 0 Å². The Balaban J connectivity index is 1.94. The largest absolute Gasteiger partial charge is 0.444 e. The number of nitrogens with one attached hydrogen (secondary N) is 2. The average Bonchev–Trinajstić information content (AvgIpc) is 3.13. The first kappa shape index (κ1) is 45.0. The van der Waals surface area contributed by atoms with Crippen LogP contribution in [0.1, 0.15) is 66.9 Å². The van der Waals surface area contributed by atoms with Crippen LogP contribution in [0.2, 0.25) is 0 Å². The van der Waals surface area contributed by atoms with Gasteiger partial charge in [-0.25, -0.2) is 9.59 Å². The van der Waals surface area contributed by atoms with Gasteiger partial charge in [0.15, 0.2) is 6.10 Å². The average molecular weight is 780 g/mol. The summed E-state index contributed by atoms with van der Waals surface area (Å²) in [5.74, 6) is -3.18. The molecular weight excluding hydrogens is 726 g/mol. The van der Waals surface area contributed by atoms with Crippen molar-refractivity contribution < 1.29 is 57.6 Å². The number of nitrogens with two attached hydrogens (primary N) is 1. The number of primary amides is 1. The summed E-state index contributed by atoms with van der Waals surface area (Å²) < 4.78 is 27.4. The summed E-state index contributed by atoms with van der Waals surface area (Å²) in [5.41, 5.74) is 5.21. The second kappa shape index (κ2) is 20.0. The molecule has 6 atom stereocenters. The van der Waals surface area contributed by atoms with Gasteiger partial charge in [0.05, 0.1) is 29.0 Å². The molecule has 0 saturated heterocycles. The number of carbonyl (C=O) groups is 6. The lowest BCUT2D eigenvalue weighted by Gasteiger charge is -2.30. The first-order valence-electron chi connectivity index (χ1n) is 18.1. The molecule has 3 rings (SSSR count). The Hall–Kier alpha value is -5.38. The molecule has 15 heteroatoms. The van der Waals surface area contributed by atoms with Crippen LogP contribution >= 0.6 is 0 Å². The van der Waals surface area contributed by atoms with E-state index in [9.17, 15) is 33.9 Å². The lowest BCUT2D eigenvalue weighted by atomic mass is 9.85. The number of ether oxygens (including phenoxy) is 5. The number of allylic oxidation sites excluding steroid dienone is 4. The third-order valence-electron chi connectivity index (χ3n) is 9.14. The third kappa shape index (κ3) is 12.6. The molecule has 15 nitrogen and oxygen atoms in total. The molecule has 2 bridgehead atoms. The fourth-order valence-corrected chi connectivity index (χ4v) is 5.92. The van der Waals surface area contributed by atoms with Crippen LogP contribution in [0.3, 0.4) is 0 Å². The summed E-state index contributed by atoms with van der Waals surface area (Å²) >= 11 is 0. The van der Waals surface area contributed by atoms with Gasteiger partial charge in [0.25, 0.3) is 5.91 Å². The molecule has 0 aromatic heterocycles. The highest BCUT2D eigenvalue weighted by atomic mass is 16.6. The van der Waals surface area contributed by atoms with E-state index >= 15 is 0 Å². The molecule has 304 valence electrons. The second-order valence-corrected chi connectivity index (χ2v) is 14.9. The molecule has 0 spiro atoms. The van der Waals surface area contributed by atoms with Crippen molar-refractivity contribution in [3.05, 3.63) is 88.3 Å². The maximum absolute atomic E-state index is 13.9. The Bertz CT molecular complexity index is 1820. The van der Waals surface area contributed by atoms with Gasteiger partial charge in [0, 0.05) is 37.4 Å². The molecule has 0 saturated carbocycles. The number of fused-ring (bicyclic) bond motifs is 2. The maximum Gasteiger partial charge on any atom is 0.412 e. The fourth-order valence-electron chi connectivity index (χ4n) is 5.92. The van der Waals surface area contributed by atoms with Gasteiger partial charge in [-0.1, -0.05) is 50.3 Å². The zero-order valence-corrected chi connectivity index (χ0v) is 33.3. The molecule has 1 aromatic rings. The van der Waals surface area contributed by atoms with Crippen molar-refractivity contribution in [3.8, 4) is 5.75 Å². The molecule has 0 unspecified atom stereocenters. The highest BCUT2D eigenvalue weighted by Gasteiger charge is 2.34. The predicted molar refractivity (Wildman–Crippen MR) is 204 cm³/mol. The van der Waals surface area contributed by atoms with E-state index in [-0.39, 0.29) is 42.0 Å². The van der Waals surface area contributed by atoms with Crippen molar-refractivity contribution >= 4 is 35.6 Å². The van der Waals surface area contributed by atoms with E-state index in [1.807, 2.05) is 0 Å². The van der Waals surface area contributed by atoms with E-state index in [4.69, 9.17) is 29.4 Å². The van der Waals surface area contributed by atoms with E-state index in [0.717, 1.165) is 6.08 Å². The summed E-state index contributed by atoms with van der Waals surface area (Å²) in [5, 5.41) is 16.3. The van der Waals surface area contributed by atoms with Crippen molar-refractivity contribution in [1.29, 1.82) is 0 Å². The second-order valence-electron chi connectivity index (χ2n) is 14.9. The van der Waals surface area contributed by atoms with Crippen LogP contribution in [0.15, 0.2) is 82.8 Å². The van der Waals surface area contributed by atoms with E-state index in [1.54, 1.807) is 78.0 Å². The Labute approximate surface area is 327 Å². The van der Waals surface area contributed by atoms with Crippen LogP contribution in [0.5, 0.6) is 5.75 Å². The van der Waals surface area contributed by atoms with Crippen LogP contribution in [0.25, 0.3) is 0 Å². The molecule has 0 fully saturated rings. The number of aliphatic hydroxyl groups is 1. The number of benzene rings is 1. The van der Waals surface area contributed by atoms with Crippen molar-refractivity contribution in [2.24, 2.45) is 23.0 Å². The summed E-state index contributed by atoms with van der Waals surface area (Å²) in [6, 6.07) is 6.33. The number of Topliss-reactive ketones (excluding diaryl/α,β-unsaturated/α-hetero) is 1. The lowest BCUT2D eigenvalue weighted by Crippen LogP contribution is -2.38. The lowest BCUT2D eigenvalue weighted by molar-refractivity contribution is -0.143. The van der Waals surface area contributed by atoms with Gasteiger partial charge in [0.1, 0.15) is 18.5 Å². The van der Waals surface area contributed by atoms with E-state index in [2.05, 4.69) is 10.6 Å². The highest BCUT2D eigenvalue weighted by molar-refractivity contribution is 6.24. The SMILES string of the molecule is CO[C@H]1/C=C\C=C(/C)C(=O)NC2=CC(=O)C(NC(=O)OCc3ccc(OC(=O)C(C)(C)C)cc3)=C(C[C@@H](C)C[C@H](OC)[C@H](O)[C@@H](C)/C=C(\C)[C@H]1OC(N)=O)C2=O.